The van der Waals surface area contributed by atoms with Crippen LogP contribution in [-0.2, 0) is 11.3 Å². The van der Waals surface area contributed by atoms with Gasteiger partial charge < -0.3 is 9.30 Å². The van der Waals surface area contributed by atoms with E-state index in [0.29, 0.717) is 0 Å². The lowest BCUT2D eigenvalue weighted by molar-refractivity contribution is -0.139. The van der Waals surface area contributed by atoms with Crippen molar-refractivity contribution >= 4 is 11.6 Å². The molecule has 0 saturated carbocycles. The third-order valence-electron chi connectivity index (χ3n) is 6.59. The summed E-state index contributed by atoms with van der Waals surface area (Å²) in [5.74, 6) is 0.278. The molecule has 5 rings (SSSR count). The zero-order valence-corrected chi connectivity index (χ0v) is 18.1. The van der Waals surface area contributed by atoms with Gasteiger partial charge in [0.25, 0.3) is 0 Å². The van der Waals surface area contributed by atoms with Crippen LogP contribution in [0.3, 0.4) is 0 Å². The van der Waals surface area contributed by atoms with Gasteiger partial charge in [0, 0.05) is 58.2 Å². The maximum absolute atomic E-state index is 13.5. The normalized spacial score (nSPS) is 19.5. The van der Waals surface area contributed by atoms with E-state index >= 15 is 0 Å². The molecule has 0 radical (unpaired) electrons. The predicted molar refractivity (Wildman–Crippen MR) is 122 cm³/mol. The van der Waals surface area contributed by atoms with E-state index in [-0.39, 0.29) is 11.9 Å². The fourth-order valence-corrected chi connectivity index (χ4v) is 4.90. The van der Waals surface area contributed by atoms with Crippen LogP contribution in [0.1, 0.15) is 36.6 Å². The maximum Gasteiger partial charge on any atom is 0.244 e. The number of piperazine rings is 1. The standard InChI is InChI=1S/C25H31N5O/c31-25(29-12-6-2-7-13-29)24(21-9-3-1-4-10-21)28-17-15-27(16-18-28)19-22-20-30-14-8-5-11-23(30)26-22/h1,3-5,8-11,14,20,24H,2,6-7,12-13,15-19H2. The Balaban J connectivity index is 1.27. The molecule has 2 aliphatic rings. The highest BCUT2D eigenvalue weighted by Gasteiger charge is 2.33. The summed E-state index contributed by atoms with van der Waals surface area (Å²) in [6.45, 7) is 6.34. The molecule has 2 aliphatic heterocycles. The van der Waals surface area contributed by atoms with Crippen LogP contribution in [0.15, 0.2) is 60.9 Å². The summed E-state index contributed by atoms with van der Waals surface area (Å²) in [5.41, 5.74) is 3.21. The lowest BCUT2D eigenvalue weighted by atomic mass is 10.0. The molecule has 0 N–H and O–H groups in total. The lowest BCUT2D eigenvalue weighted by Crippen LogP contribution is -2.52. The highest BCUT2D eigenvalue weighted by atomic mass is 16.2. The van der Waals surface area contributed by atoms with E-state index in [1.165, 1.54) is 6.42 Å². The minimum Gasteiger partial charge on any atom is -0.341 e. The first-order valence-electron chi connectivity index (χ1n) is 11.5. The third-order valence-corrected chi connectivity index (χ3v) is 6.59. The first kappa shape index (κ1) is 20.2. The predicted octanol–water partition coefficient (Wildman–Crippen LogP) is 3.21. The summed E-state index contributed by atoms with van der Waals surface area (Å²) in [6.07, 6.45) is 7.65. The molecule has 2 fully saturated rings. The second kappa shape index (κ2) is 9.20. The van der Waals surface area contributed by atoms with E-state index in [1.54, 1.807) is 0 Å². The van der Waals surface area contributed by atoms with Crippen LogP contribution in [0.4, 0.5) is 0 Å². The van der Waals surface area contributed by atoms with Gasteiger partial charge in [-0.05, 0) is 37.0 Å². The number of rotatable bonds is 5. The van der Waals surface area contributed by atoms with E-state index in [2.05, 4.69) is 37.4 Å². The zero-order chi connectivity index (χ0) is 21.0. The highest BCUT2D eigenvalue weighted by molar-refractivity contribution is 5.83. The van der Waals surface area contributed by atoms with Crippen molar-refractivity contribution in [3.63, 3.8) is 0 Å². The Bertz CT molecular complexity index is 970. The number of nitrogens with zero attached hydrogens (tertiary/aromatic N) is 5. The molecule has 6 heteroatoms. The average Bonchev–Trinajstić information content (AvgIpc) is 3.24. The Hall–Kier alpha value is -2.70. The second-order valence-electron chi connectivity index (χ2n) is 8.71. The van der Waals surface area contributed by atoms with Crippen molar-refractivity contribution in [2.75, 3.05) is 39.3 Å². The zero-order valence-electron chi connectivity index (χ0n) is 18.1. The van der Waals surface area contributed by atoms with Gasteiger partial charge in [0.05, 0.1) is 5.69 Å². The first-order chi connectivity index (χ1) is 15.3. The Labute approximate surface area is 184 Å². The molecule has 0 spiro atoms. The smallest absolute Gasteiger partial charge is 0.244 e. The molecular formula is C25H31N5O. The van der Waals surface area contributed by atoms with Crippen LogP contribution in [0.2, 0.25) is 0 Å². The van der Waals surface area contributed by atoms with E-state index < -0.39 is 0 Å². The first-order valence-corrected chi connectivity index (χ1v) is 11.5. The van der Waals surface area contributed by atoms with Crippen molar-refractivity contribution in [3.05, 3.63) is 72.2 Å². The Kier molecular flexibility index (Phi) is 6.00. The Morgan fingerprint density at radius 1 is 0.871 bits per heavy atom. The summed E-state index contributed by atoms with van der Waals surface area (Å²) in [4.78, 5) is 25.2. The van der Waals surface area contributed by atoms with Gasteiger partial charge in [-0.15, -0.1) is 0 Å². The number of amides is 1. The molecule has 0 bridgehead atoms. The van der Waals surface area contributed by atoms with Crippen molar-refractivity contribution in [3.8, 4) is 0 Å². The van der Waals surface area contributed by atoms with Gasteiger partial charge in [0.2, 0.25) is 5.91 Å². The molecule has 31 heavy (non-hydrogen) atoms. The van der Waals surface area contributed by atoms with Crippen molar-refractivity contribution < 1.29 is 4.79 Å². The van der Waals surface area contributed by atoms with E-state index in [0.717, 1.165) is 75.6 Å². The fourth-order valence-electron chi connectivity index (χ4n) is 4.90. The largest absolute Gasteiger partial charge is 0.341 e. The number of pyridine rings is 1. The van der Waals surface area contributed by atoms with Crippen LogP contribution < -0.4 is 0 Å². The number of benzene rings is 1. The van der Waals surface area contributed by atoms with Crippen LogP contribution in [0.25, 0.3) is 5.65 Å². The molecule has 162 valence electrons. The van der Waals surface area contributed by atoms with Crippen molar-refractivity contribution in [2.45, 2.75) is 31.8 Å². The molecule has 2 aromatic heterocycles. The van der Waals surface area contributed by atoms with Gasteiger partial charge >= 0.3 is 0 Å². The van der Waals surface area contributed by atoms with E-state index in [9.17, 15) is 4.79 Å². The minimum atomic E-state index is -0.170. The van der Waals surface area contributed by atoms with Crippen LogP contribution in [0.5, 0.6) is 0 Å². The fraction of sp³-hybridized carbons (Fsp3) is 0.440. The summed E-state index contributed by atoms with van der Waals surface area (Å²) in [7, 11) is 0. The molecule has 3 aromatic rings. The number of fused-ring (bicyclic) bond motifs is 1. The van der Waals surface area contributed by atoms with Crippen LogP contribution in [-0.4, -0.2) is 69.3 Å². The highest BCUT2D eigenvalue weighted by Crippen LogP contribution is 2.26. The monoisotopic (exact) mass is 417 g/mol. The van der Waals surface area contributed by atoms with Crippen molar-refractivity contribution in [1.82, 2.24) is 24.1 Å². The van der Waals surface area contributed by atoms with Gasteiger partial charge in [0.15, 0.2) is 0 Å². The second-order valence-corrected chi connectivity index (χ2v) is 8.71. The average molecular weight is 418 g/mol. The molecule has 1 atom stereocenters. The summed E-state index contributed by atoms with van der Waals surface area (Å²) >= 11 is 0. The number of aromatic nitrogens is 2. The minimum absolute atomic E-state index is 0.170. The van der Waals surface area contributed by atoms with Gasteiger partial charge in [-0.1, -0.05) is 36.4 Å². The van der Waals surface area contributed by atoms with Gasteiger partial charge in [-0.2, -0.15) is 0 Å². The van der Waals surface area contributed by atoms with E-state index in [1.807, 2.05) is 42.6 Å². The number of hydrogen-bond donors (Lipinski definition) is 0. The van der Waals surface area contributed by atoms with Crippen molar-refractivity contribution in [2.24, 2.45) is 0 Å². The molecule has 2 saturated heterocycles. The lowest BCUT2D eigenvalue weighted by Gasteiger charge is -2.41. The van der Waals surface area contributed by atoms with Crippen LogP contribution >= 0.6 is 0 Å². The maximum atomic E-state index is 13.5. The molecule has 1 amide bonds. The number of piperidine rings is 1. The number of carbonyl (C=O) groups is 1. The van der Waals surface area contributed by atoms with Crippen LogP contribution in [0, 0.1) is 0 Å². The van der Waals surface area contributed by atoms with Gasteiger partial charge in [0.1, 0.15) is 11.7 Å². The summed E-state index contributed by atoms with van der Waals surface area (Å²) in [5, 5.41) is 0. The molecular weight excluding hydrogens is 386 g/mol. The quantitative estimate of drug-likeness (QED) is 0.640. The topological polar surface area (TPSA) is 44.1 Å². The van der Waals surface area contributed by atoms with Gasteiger partial charge in [-0.3, -0.25) is 14.6 Å². The third kappa shape index (κ3) is 4.50. The Morgan fingerprint density at radius 2 is 1.61 bits per heavy atom. The molecule has 1 unspecified atom stereocenters. The number of likely N-dealkylation sites (tertiary alicyclic amines) is 1. The van der Waals surface area contributed by atoms with E-state index in [4.69, 9.17) is 4.98 Å². The number of imidazole rings is 1. The number of carbonyl (C=O) groups excluding carboxylic acids is 1. The molecule has 1 aromatic carbocycles. The molecule has 0 aliphatic carbocycles. The summed E-state index contributed by atoms with van der Waals surface area (Å²) < 4.78 is 2.08. The molecule has 4 heterocycles. The molecule has 6 nitrogen and oxygen atoms in total. The SMILES string of the molecule is O=C(C(c1ccccc1)N1CCN(Cc2cn3ccccc3n2)CC1)N1CCCCC1. The summed E-state index contributed by atoms with van der Waals surface area (Å²) in [6, 6.07) is 16.3. The number of hydrogen-bond acceptors (Lipinski definition) is 4. The van der Waals surface area contributed by atoms with Crippen molar-refractivity contribution in [1.29, 1.82) is 0 Å². The Morgan fingerprint density at radius 3 is 2.35 bits per heavy atom. The van der Waals surface area contributed by atoms with Gasteiger partial charge in [-0.25, -0.2) is 4.98 Å².